The highest BCUT2D eigenvalue weighted by atomic mass is 16.7. The molecule has 2 aliphatic heterocycles. The molecule has 1 N–H and O–H groups in total. The Morgan fingerprint density at radius 3 is 2.17 bits per heavy atom. The molecule has 5 heteroatoms. The third kappa shape index (κ3) is 3.28. The van der Waals surface area contributed by atoms with E-state index in [1.807, 2.05) is 0 Å². The molecule has 0 aromatic heterocycles. The van der Waals surface area contributed by atoms with E-state index in [-0.39, 0.29) is 18.3 Å². The first kappa shape index (κ1) is 16.8. The fourth-order valence-corrected chi connectivity index (χ4v) is 3.38. The van der Waals surface area contributed by atoms with Crippen molar-refractivity contribution in [2.24, 2.45) is 0 Å². The van der Waals surface area contributed by atoms with Crippen LogP contribution in [0, 0.1) is 0 Å². The summed E-state index contributed by atoms with van der Waals surface area (Å²) in [5.41, 5.74) is 1.75. The lowest BCUT2D eigenvalue weighted by molar-refractivity contribution is 0.00578. The van der Waals surface area contributed by atoms with Crippen molar-refractivity contribution in [2.45, 2.75) is 64.8 Å². The highest BCUT2D eigenvalue weighted by Crippen LogP contribution is 2.36. The van der Waals surface area contributed by atoms with Gasteiger partial charge in [0.05, 0.1) is 11.2 Å². The molecule has 23 heavy (non-hydrogen) atoms. The fraction of sp³-hybridized carbons (Fsp3) is 0.667. The maximum absolute atomic E-state index is 6.18. The van der Waals surface area contributed by atoms with Gasteiger partial charge in [0.25, 0.3) is 0 Å². The van der Waals surface area contributed by atoms with Crippen LogP contribution in [0.3, 0.4) is 0 Å². The lowest BCUT2D eigenvalue weighted by atomic mass is 9.79. The monoisotopic (exact) mass is 316 g/mol. The van der Waals surface area contributed by atoms with Gasteiger partial charge in [-0.1, -0.05) is 12.1 Å². The second kappa shape index (κ2) is 5.80. The molecular formula is C18H29BN2O2. The molecule has 2 atom stereocenters. The molecule has 2 heterocycles. The van der Waals surface area contributed by atoms with E-state index in [0.29, 0.717) is 12.1 Å². The molecule has 0 bridgehead atoms. The summed E-state index contributed by atoms with van der Waals surface area (Å²) in [7, 11) is -0.294. The molecule has 2 aliphatic rings. The maximum atomic E-state index is 6.18. The number of anilines is 1. The summed E-state index contributed by atoms with van der Waals surface area (Å²) in [6.45, 7) is 14.9. The smallest absolute Gasteiger partial charge is 0.399 e. The van der Waals surface area contributed by atoms with Crippen molar-refractivity contribution in [3.05, 3.63) is 24.3 Å². The Labute approximate surface area is 140 Å². The molecule has 2 fully saturated rings. The van der Waals surface area contributed by atoms with Crippen LogP contribution in [0.1, 0.15) is 41.5 Å². The number of rotatable bonds is 2. The van der Waals surface area contributed by atoms with Crippen molar-refractivity contribution in [3.63, 3.8) is 0 Å². The Morgan fingerprint density at radius 1 is 1.04 bits per heavy atom. The standard InChI is InChI=1S/C18H29BN2O2/c1-13-11-21(12-14(2)20-13)16-9-7-8-15(10-16)19-22-17(3,4)18(5,6)23-19/h7-10,13-14,20H,11-12H2,1-6H3. The summed E-state index contributed by atoms with van der Waals surface area (Å²) < 4.78 is 12.4. The number of hydrogen-bond acceptors (Lipinski definition) is 4. The normalized spacial score (nSPS) is 29.8. The first-order valence-electron chi connectivity index (χ1n) is 8.64. The molecule has 0 spiro atoms. The number of hydrogen-bond donors (Lipinski definition) is 1. The first-order chi connectivity index (χ1) is 10.7. The SMILES string of the molecule is CC1CN(c2cccc(B3OC(C)(C)C(C)(C)O3)c2)CC(C)N1. The van der Waals surface area contributed by atoms with Crippen LogP contribution in [0.2, 0.25) is 0 Å². The largest absolute Gasteiger partial charge is 0.494 e. The van der Waals surface area contributed by atoms with Gasteiger partial charge in [0.15, 0.2) is 0 Å². The van der Waals surface area contributed by atoms with Crippen molar-refractivity contribution < 1.29 is 9.31 Å². The number of piperazine rings is 1. The topological polar surface area (TPSA) is 33.7 Å². The zero-order valence-electron chi connectivity index (χ0n) is 15.2. The van der Waals surface area contributed by atoms with Gasteiger partial charge in [0, 0.05) is 30.9 Å². The van der Waals surface area contributed by atoms with Gasteiger partial charge in [0.2, 0.25) is 0 Å². The molecule has 3 rings (SSSR count). The van der Waals surface area contributed by atoms with Crippen molar-refractivity contribution >= 4 is 18.3 Å². The van der Waals surface area contributed by atoms with Gasteiger partial charge in [-0.05, 0) is 59.1 Å². The Kier molecular flexibility index (Phi) is 4.24. The zero-order valence-corrected chi connectivity index (χ0v) is 15.2. The number of nitrogens with zero attached hydrogens (tertiary/aromatic N) is 1. The molecule has 4 nitrogen and oxygen atoms in total. The van der Waals surface area contributed by atoms with E-state index < -0.39 is 0 Å². The van der Waals surface area contributed by atoms with Crippen molar-refractivity contribution in [1.82, 2.24) is 5.32 Å². The summed E-state index contributed by atoms with van der Waals surface area (Å²) in [6, 6.07) is 9.60. The van der Waals surface area contributed by atoms with E-state index in [4.69, 9.17) is 9.31 Å². The predicted octanol–water partition coefficient (Wildman–Crippen LogP) is 2.17. The van der Waals surface area contributed by atoms with Crippen LogP contribution in [-0.4, -0.2) is 43.5 Å². The van der Waals surface area contributed by atoms with E-state index in [1.54, 1.807) is 0 Å². The van der Waals surface area contributed by atoms with Gasteiger partial charge in [0.1, 0.15) is 0 Å². The first-order valence-corrected chi connectivity index (χ1v) is 8.64. The lowest BCUT2D eigenvalue weighted by Gasteiger charge is -2.37. The molecule has 1 aromatic rings. The number of nitrogens with one attached hydrogen (secondary N) is 1. The highest BCUT2D eigenvalue weighted by Gasteiger charge is 2.51. The van der Waals surface area contributed by atoms with E-state index in [2.05, 4.69) is 76.0 Å². The van der Waals surface area contributed by atoms with Crippen LogP contribution in [-0.2, 0) is 9.31 Å². The van der Waals surface area contributed by atoms with Crippen molar-refractivity contribution in [3.8, 4) is 0 Å². The van der Waals surface area contributed by atoms with Crippen LogP contribution in [0.5, 0.6) is 0 Å². The molecule has 126 valence electrons. The van der Waals surface area contributed by atoms with E-state index in [1.165, 1.54) is 5.69 Å². The quantitative estimate of drug-likeness (QED) is 0.848. The van der Waals surface area contributed by atoms with Crippen LogP contribution in [0.25, 0.3) is 0 Å². The number of benzene rings is 1. The van der Waals surface area contributed by atoms with Gasteiger partial charge in [-0.15, -0.1) is 0 Å². The Morgan fingerprint density at radius 2 is 1.61 bits per heavy atom. The second-order valence-corrected chi connectivity index (χ2v) is 8.06. The zero-order chi connectivity index (χ0) is 16.8. The van der Waals surface area contributed by atoms with Crippen LogP contribution < -0.4 is 15.7 Å². The minimum atomic E-state index is -0.300. The van der Waals surface area contributed by atoms with Crippen LogP contribution >= 0.6 is 0 Å². The molecule has 0 aliphatic carbocycles. The van der Waals surface area contributed by atoms with Crippen molar-refractivity contribution in [1.29, 1.82) is 0 Å². The van der Waals surface area contributed by atoms with Gasteiger partial charge in [-0.2, -0.15) is 0 Å². The van der Waals surface area contributed by atoms with Gasteiger partial charge < -0.3 is 19.5 Å². The van der Waals surface area contributed by atoms with Crippen LogP contribution in [0.4, 0.5) is 5.69 Å². The summed E-state index contributed by atoms with van der Waals surface area (Å²) in [6.07, 6.45) is 0. The fourth-order valence-electron chi connectivity index (χ4n) is 3.38. The average Bonchev–Trinajstić information content (AvgIpc) is 2.67. The Balaban J connectivity index is 1.81. The van der Waals surface area contributed by atoms with Crippen molar-refractivity contribution in [2.75, 3.05) is 18.0 Å². The van der Waals surface area contributed by atoms with Crippen LogP contribution in [0.15, 0.2) is 24.3 Å². The van der Waals surface area contributed by atoms with E-state index in [0.717, 1.165) is 18.6 Å². The molecular weight excluding hydrogens is 287 g/mol. The van der Waals surface area contributed by atoms with Gasteiger partial charge in [-0.25, -0.2) is 0 Å². The van der Waals surface area contributed by atoms with E-state index in [9.17, 15) is 0 Å². The third-order valence-corrected chi connectivity index (χ3v) is 5.32. The molecule has 2 saturated heterocycles. The van der Waals surface area contributed by atoms with Gasteiger partial charge in [-0.3, -0.25) is 0 Å². The maximum Gasteiger partial charge on any atom is 0.494 e. The second-order valence-electron chi connectivity index (χ2n) is 8.06. The lowest BCUT2D eigenvalue weighted by Crippen LogP contribution is -2.54. The summed E-state index contributed by atoms with van der Waals surface area (Å²) in [5.74, 6) is 0. The summed E-state index contributed by atoms with van der Waals surface area (Å²) >= 11 is 0. The minimum absolute atomic E-state index is 0.294. The minimum Gasteiger partial charge on any atom is -0.399 e. The molecule has 2 unspecified atom stereocenters. The molecule has 0 amide bonds. The predicted molar refractivity (Wildman–Crippen MR) is 96.4 cm³/mol. The Bertz CT molecular complexity index is 550. The van der Waals surface area contributed by atoms with E-state index >= 15 is 0 Å². The summed E-state index contributed by atoms with van der Waals surface area (Å²) in [5, 5.41) is 3.58. The third-order valence-electron chi connectivity index (χ3n) is 5.32. The molecule has 1 aromatic carbocycles. The molecule has 0 saturated carbocycles. The van der Waals surface area contributed by atoms with Gasteiger partial charge >= 0.3 is 7.12 Å². The highest BCUT2D eigenvalue weighted by molar-refractivity contribution is 6.62. The summed E-state index contributed by atoms with van der Waals surface area (Å²) in [4.78, 5) is 2.45. The average molecular weight is 316 g/mol. The molecule has 0 radical (unpaired) electrons. The Hall–Kier alpha value is -1.04.